The predicted molar refractivity (Wildman–Crippen MR) is 85.0 cm³/mol. The van der Waals surface area contributed by atoms with Gasteiger partial charge in [-0.3, -0.25) is 0 Å². The number of benzene rings is 1. The highest BCUT2D eigenvalue weighted by atomic mass is 32.2. The van der Waals surface area contributed by atoms with Crippen LogP contribution in [0.2, 0.25) is 0 Å². The van der Waals surface area contributed by atoms with Gasteiger partial charge in [0.2, 0.25) is 10.0 Å². The number of likely N-dealkylation sites (tertiary alicyclic amines) is 1. The molecule has 22 heavy (non-hydrogen) atoms. The summed E-state index contributed by atoms with van der Waals surface area (Å²) in [5.74, 6) is 0.453. The molecule has 2 heterocycles. The molecule has 0 unspecified atom stereocenters. The molecule has 122 valence electrons. The lowest BCUT2D eigenvalue weighted by Gasteiger charge is -2.31. The van der Waals surface area contributed by atoms with Gasteiger partial charge in [0.25, 0.3) is 0 Å². The van der Waals surface area contributed by atoms with Gasteiger partial charge in [-0.15, -0.1) is 0 Å². The number of piperidine rings is 1. The molecule has 1 aromatic rings. The molecular formula is C16H24N2O3S. The zero-order valence-electron chi connectivity index (χ0n) is 13.3. The van der Waals surface area contributed by atoms with Crippen molar-refractivity contribution in [2.24, 2.45) is 5.92 Å². The van der Waals surface area contributed by atoms with Crippen molar-refractivity contribution < 1.29 is 13.2 Å². The van der Waals surface area contributed by atoms with E-state index >= 15 is 0 Å². The fourth-order valence-electron chi connectivity index (χ4n) is 3.20. The van der Waals surface area contributed by atoms with Crippen LogP contribution in [-0.2, 0) is 28.0 Å². The van der Waals surface area contributed by atoms with Crippen molar-refractivity contribution in [3.05, 3.63) is 29.3 Å². The van der Waals surface area contributed by atoms with Crippen LogP contribution in [0.4, 0.5) is 0 Å². The van der Waals surface area contributed by atoms with Crippen LogP contribution in [0.25, 0.3) is 0 Å². The molecule has 0 spiro atoms. The van der Waals surface area contributed by atoms with Crippen LogP contribution in [0.5, 0.6) is 0 Å². The average molecular weight is 324 g/mol. The Kier molecular flexibility index (Phi) is 4.54. The second-order valence-electron chi connectivity index (χ2n) is 6.46. The van der Waals surface area contributed by atoms with E-state index in [0.717, 1.165) is 37.1 Å². The molecule has 0 bridgehead atoms. The van der Waals surface area contributed by atoms with Crippen molar-refractivity contribution in [3.8, 4) is 0 Å². The Morgan fingerprint density at radius 2 is 1.91 bits per heavy atom. The lowest BCUT2D eigenvalue weighted by molar-refractivity contribution is 0.134. The van der Waals surface area contributed by atoms with Gasteiger partial charge in [0.1, 0.15) is 0 Å². The summed E-state index contributed by atoms with van der Waals surface area (Å²) in [6.07, 6.45) is 2.13. The van der Waals surface area contributed by atoms with Crippen LogP contribution in [0.15, 0.2) is 23.1 Å². The highest BCUT2D eigenvalue weighted by Gasteiger charge is 2.26. The van der Waals surface area contributed by atoms with Crippen molar-refractivity contribution in [1.29, 1.82) is 0 Å². The first-order chi connectivity index (χ1) is 10.5. The predicted octanol–water partition coefficient (Wildman–Crippen LogP) is 1.68. The Balaban J connectivity index is 1.72. The Bertz CT molecular complexity index is 637. The summed E-state index contributed by atoms with van der Waals surface area (Å²) in [6.45, 7) is 3.80. The third kappa shape index (κ3) is 3.20. The molecule has 1 saturated heterocycles. The Labute approximate surface area is 132 Å². The van der Waals surface area contributed by atoms with Crippen LogP contribution in [0, 0.1) is 5.92 Å². The van der Waals surface area contributed by atoms with Gasteiger partial charge in [-0.2, -0.15) is 0 Å². The summed E-state index contributed by atoms with van der Waals surface area (Å²) >= 11 is 0. The molecule has 0 aromatic heterocycles. The number of rotatable bonds is 4. The molecule has 0 amide bonds. The average Bonchev–Trinajstić information content (AvgIpc) is 2.97. The molecule has 2 aliphatic heterocycles. The summed E-state index contributed by atoms with van der Waals surface area (Å²) in [5, 5.41) is 0. The molecular weight excluding hydrogens is 300 g/mol. The van der Waals surface area contributed by atoms with E-state index in [4.69, 9.17) is 4.74 Å². The second-order valence-corrected chi connectivity index (χ2v) is 8.50. The molecule has 3 rings (SSSR count). The van der Waals surface area contributed by atoms with E-state index in [1.807, 2.05) is 6.07 Å². The second kappa shape index (κ2) is 6.28. The van der Waals surface area contributed by atoms with Gasteiger partial charge in [-0.25, -0.2) is 12.7 Å². The molecule has 2 aliphatic rings. The fraction of sp³-hybridized carbons (Fsp3) is 0.625. The minimum absolute atomic E-state index is 0.382. The van der Waals surface area contributed by atoms with Crippen molar-refractivity contribution in [2.75, 3.05) is 33.7 Å². The van der Waals surface area contributed by atoms with Crippen LogP contribution in [0.3, 0.4) is 0 Å². The van der Waals surface area contributed by atoms with Crippen LogP contribution >= 0.6 is 0 Å². The van der Waals surface area contributed by atoms with Gasteiger partial charge >= 0.3 is 0 Å². The smallest absolute Gasteiger partial charge is 0.242 e. The number of fused-ring (bicyclic) bond motifs is 1. The lowest BCUT2D eigenvalue weighted by atomic mass is 9.97. The Hall–Kier alpha value is -0.950. The van der Waals surface area contributed by atoms with E-state index in [9.17, 15) is 8.42 Å². The molecule has 0 saturated carbocycles. The van der Waals surface area contributed by atoms with E-state index in [-0.39, 0.29) is 0 Å². The first-order valence-electron chi connectivity index (χ1n) is 7.81. The molecule has 5 nitrogen and oxygen atoms in total. The fourth-order valence-corrected chi connectivity index (χ4v) is 4.49. The molecule has 1 fully saturated rings. The maximum absolute atomic E-state index is 12.7. The molecule has 0 N–H and O–H groups in total. The van der Waals surface area contributed by atoms with Gasteiger partial charge in [-0.1, -0.05) is 6.07 Å². The minimum Gasteiger partial charge on any atom is -0.372 e. The number of hydrogen-bond donors (Lipinski definition) is 0. The van der Waals surface area contributed by atoms with Gasteiger partial charge in [0, 0.05) is 13.6 Å². The third-order valence-electron chi connectivity index (χ3n) is 4.75. The SMILES string of the molecule is CN1CCC(CN(C)S(=O)(=O)c2ccc3c(c2)COC3)CC1. The van der Waals surface area contributed by atoms with E-state index in [1.54, 1.807) is 19.2 Å². The maximum atomic E-state index is 12.7. The standard InChI is InChI=1S/C16H24N2O3S/c1-17-7-5-13(6-8-17)10-18(2)22(19,20)16-4-3-14-11-21-12-15(14)9-16/h3-4,9,13H,5-8,10-12H2,1-2H3. The summed E-state index contributed by atoms with van der Waals surface area (Å²) in [4.78, 5) is 2.68. The molecule has 0 radical (unpaired) electrons. The zero-order valence-corrected chi connectivity index (χ0v) is 14.1. The number of nitrogens with zero attached hydrogens (tertiary/aromatic N) is 2. The summed E-state index contributed by atoms with van der Waals surface area (Å²) in [6, 6.07) is 5.34. The molecule has 0 aliphatic carbocycles. The van der Waals surface area contributed by atoms with Gasteiger partial charge in [0.15, 0.2) is 0 Å². The van der Waals surface area contributed by atoms with Gasteiger partial charge < -0.3 is 9.64 Å². The summed E-state index contributed by atoms with van der Waals surface area (Å²) < 4.78 is 32.4. The number of ether oxygens (including phenoxy) is 1. The monoisotopic (exact) mass is 324 g/mol. The lowest BCUT2D eigenvalue weighted by Crippen LogP contribution is -2.37. The van der Waals surface area contributed by atoms with Crippen LogP contribution in [0.1, 0.15) is 24.0 Å². The highest BCUT2D eigenvalue weighted by Crippen LogP contribution is 2.26. The minimum atomic E-state index is -3.41. The van der Waals surface area contributed by atoms with E-state index in [1.165, 1.54) is 4.31 Å². The Morgan fingerprint density at radius 3 is 2.64 bits per heavy atom. The topological polar surface area (TPSA) is 49.9 Å². The molecule has 0 atom stereocenters. The molecule has 1 aromatic carbocycles. The normalized spacial score (nSPS) is 20.5. The highest BCUT2D eigenvalue weighted by molar-refractivity contribution is 7.89. The summed E-state index contributed by atoms with van der Waals surface area (Å²) in [5.41, 5.74) is 2.09. The number of sulfonamides is 1. The van der Waals surface area contributed by atoms with Crippen LogP contribution in [-0.4, -0.2) is 51.4 Å². The largest absolute Gasteiger partial charge is 0.372 e. The van der Waals surface area contributed by atoms with Crippen molar-refractivity contribution in [2.45, 2.75) is 31.0 Å². The van der Waals surface area contributed by atoms with E-state index < -0.39 is 10.0 Å². The maximum Gasteiger partial charge on any atom is 0.242 e. The zero-order chi connectivity index (χ0) is 15.7. The first kappa shape index (κ1) is 15.9. The Morgan fingerprint density at radius 1 is 1.23 bits per heavy atom. The third-order valence-corrected chi connectivity index (χ3v) is 6.57. The summed E-state index contributed by atoms with van der Waals surface area (Å²) in [7, 11) is 0.397. The van der Waals surface area contributed by atoms with E-state index in [0.29, 0.717) is 30.6 Å². The first-order valence-corrected chi connectivity index (χ1v) is 9.25. The van der Waals surface area contributed by atoms with Crippen molar-refractivity contribution in [3.63, 3.8) is 0 Å². The van der Waals surface area contributed by atoms with Crippen molar-refractivity contribution >= 4 is 10.0 Å². The van der Waals surface area contributed by atoms with E-state index in [2.05, 4.69) is 11.9 Å². The quantitative estimate of drug-likeness (QED) is 0.845. The van der Waals surface area contributed by atoms with Crippen LogP contribution < -0.4 is 0 Å². The van der Waals surface area contributed by atoms with Crippen molar-refractivity contribution in [1.82, 2.24) is 9.21 Å². The molecule has 6 heteroatoms. The number of hydrogen-bond acceptors (Lipinski definition) is 4. The van der Waals surface area contributed by atoms with Gasteiger partial charge in [0.05, 0.1) is 18.1 Å². The van der Waals surface area contributed by atoms with Gasteiger partial charge in [-0.05, 0) is 62.2 Å².